The van der Waals surface area contributed by atoms with Gasteiger partial charge in [0.1, 0.15) is 0 Å². The van der Waals surface area contributed by atoms with Crippen LogP contribution in [0.4, 0.5) is 6.01 Å². The summed E-state index contributed by atoms with van der Waals surface area (Å²) in [5, 5.41) is 11.6. The number of rotatable bonds is 5. The molecule has 0 radical (unpaired) electrons. The minimum Gasteiger partial charge on any atom is -0.408 e. The molecular formula is C12H15ClN4O. The molecule has 0 saturated carbocycles. The zero-order chi connectivity index (χ0) is 13.0. The molecule has 0 fully saturated rings. The SMILES string of the molecule is CC(Nc1nnc(CCN)o1)c1cccc(Cl)c1. The highest BCUT2D eigenvalue weighted by atomic mass is 35.5. The minimum absolute atomic E-state index is 0.0369. The molecule has 96 valence electrons. The first-order chi connectivity index (χ1) is 8.69. The highest BCUT2D eigenvalue weighted by Gasteiger charge is 2.10. The Labute approximate surface area is 110 Å². The normalized spacial score (nSPS) is 12.4. The van der Waals surface area contributed by atoms with Gasteiger partial charge in [-0.1, -0.05) is 28.8 Å². The van der Waals surface area contributed by atoms with E-state index >= 15 is 0 Å². The molecule has 0 aliphatic heterocycles. The molecule has 1 aromatic carbocycles. The van der Waals surface area contributed by atoms with Crippen molar-refractivity contribution in [3.8, 4) is 0 Å². The van der Waals surface area contributed by atoms with Crippen molar-refractivity contribution in [2.75, 3.05) is 11.9 Å². The molecule has 0 saturated heterocycles. The van der Waals surface area contributed by atoms with Crippen molar-refractivity contribution >= 4 is 17.6 Å². The van der Waals surface area contributed by atoms with Gasteiger partial charge in [-0.05, 0) is 24.6 Å². The second-order valence-corrected chi connectivity index (χ2v) is 4.40. The molecule has 1 aromatic heterocycles. The lowest BCUT2D eigenvalue weighted by Crippen LogP contribution is -2.06. The number of halogens is 1. The van der Waals surface area contributed by atoms with Gasteiger partial charge in [-0.25, -0.2) is 0 Å². The maximum absolute atomic E-state index is 5.94. The first kappa shape index (κ1) is 12.9. The van der Waals surface area contributed by atoms with Gasteiger partial charge in [-0.2, -0.15) is 0 Å². The van der Waals surface area contributed by atoms with Gasteiger partial charge in [0.15, 0.2) is 0 Å². The van der Waals surface area contributed by atoms with E-state index in [9.17, 15) is 0 Å². The largest absolute Gasteiger partial charge is 0.408 e. The molecule has 0 aliphatic rings. The summed E-state index contributed by atoms with van der Waals surface area (Å²) in [6.45, 7) is 2.49. The molecule has 0 bridgehead atoms. The van der Waals surface area contributed by atoms with Crippen LogP contribution in [-0.2, 0) is 6.42 Å². The summed E-state index contributed by atoms with van der Waals surface area (Å²) in [5.74, 6) is 0.540. The van der Waals surface area contributed by atoms with E-state index in [0.29, 0.717) is 29.9 Å². The van der Waals surface area contributed by atoms with Gasteiger partial charge in [-0.15, -0.1) is 5.10 Å². The molecule has 2 aromatic rings. The van der Waals surface area contributed by atoms with Crippen LogP contribution in [0.2, 0.25) is 5.02 Å². The Morgan fingerprint density at radius 3 is 3.00 bits per heavy atom. The van der Waals surface area contributed by atoms with Crippen molar-refractivity contribution in [1.29, 1.82) is 0 Å². The van der Waals surface area contributed by atoms with E-state index in [4.69, 9.17) is 21.8 Å². The van der Waals surface area contributed by atoms with Crippen LogP contribution in [0.3, 0.4) is 0 Å². The van der Waals surface area contributed by atoms with E-state index in [1.54, 1.807) is 0 Å². The van der Waals surface area contributed by atoms with Crippen molar-refractivity contribution in [3.63, 3.8) is 0 Å². The fourth-order valence-corrected chi connectivity index (χ4v) is 1.78. The average Bonchev–Trinajstić information content (AvgIpc) is 2.77. The maximum atomic E-state index is 5.94. The fraction of sp³-hybridized carbons (Fsp3) is 0.333. The zero-order valence-electron chi connectivity index (χ0n) is 10.1. The number of hydrogen-bond donors (Lipinski definition) is 2. The molecule has 1 heterocycles. The molecule has 1 unspecified atom stereocenters. The predicted octanol–water partition coefficient (Wildman–Crippen LogP) is 2.40. The van der Waals surface area contributed by atoms with Crippen LogP contribution in [0.5, 0.6) is 0 Å². The lowest BCUT2D eigenvalue weighted by Gasteiger charge is -2.12. The number of aromatic nitrogens is 2. The van der Waals surface area contributed by atoms with E-state index in [1.807, 2.05) is 31.2 Å². The van der Waals surface area contributed by atoms with Crippen LogP contribution in [0.25, 0.3) is 0 Å². The Balaban J connectivity index is 2.04. The van der Waals surface area contributed by atoms with Gasteiger partial charge in [0.05, 0.1) is 6.04 Å². The third-order valence-electron chi connectivity index (χ3n) is 2.51. The first-order valence-corrected chi connectivity index (χ1v) is 6.11. The average molecular weight is 267 g/mol. The maximum Gasteiger partial charge on any atom is 0.315 e. The van der Waals surface area contributed by atoms with Crippen molar-refractivity contribution in [3.05, 3.63) is 40.7 Å². The summed E-state index contributed by atoms with van der Waals surface area (Å²) in [6, 6.07) is 8.06. The second-order valence-electron chi connectivity index (χ2n) is 3.96. The smallest absolute Gasteiger partial charge is 0.315 e. The molecule has 1 atom stereocenters. The number of nitrogens with one attached hydrogen (secondary N) is 1. The summed E-state index contributed by atoms with van der Waals surface area (Å²) in [6.07, 6.45) is 0.584. The number of hydrogen-bond acceptors (Lipinski definition) is 5. The Morgan fingerprint density at radius 1 is 1.44 bits per heavy atom. The van der Waals surface area contributed by atoms with Crippen LogP contribution in [0, 0.1) is 0 Å². The Bertz CT molecular complexity index is 514. The molecule has 2 rings (SSSR count). The lowest BCUT2D eigenvalue weighted by atomic mass is 10.1. The number of nitrogens with two attached hydrogens (primary N) is 1. The molecule has 0 aliphatic carbocycles. The molecular weight excluding hydrogens is 252 g/mol. The lowest BCUT2D eigenvalue weighted by molar-refractivity contribution is 0.502. The number of benzene rings is 1. The highest BCUT2D eigenvalue weighted by molar-refractivity contribution is 6.30. The summed E-state index contributed by atoms with van der Waals surface area (Å²) < 4.78 is 5.40. The monoisotopic (exact) mass is 266 g/mol. The van der Waals surface area contributed by atoms with E-state index < -0.39 is 0 Å². The van der Waals surface area contributed by atoms with Crippen molar-refractivity contribution < 1.29 is 4.42 Å². The predicted molar refractivity (Wildman–Crippen MR) is 70.5 cm³/mol. The van der Waals surface area contributed by atoms with Gasteiger partial charge in [0.25, 0.3) is 0 Å². The van der Waals surface area contributed by atoms with Crippen LogP contribution in [0.15, 0.2) is 28.7 Å². The summed E-state index contributed by atoms with van der Waals surface area (Å²) in [5.41, 5.74) is 6.47. The fourth-order valence-electron chi connectivity index (χ4n) is 1.58. The Morgan fingerprint density at radius 2 is 2.28 bits per heavy atom. The van der Waals surface area contributed by atoms with Gasteiger partial charge >= 0.3 is 6.01 Å². The molecule has 0 spiro atoms. The van der Waals surface area contributed by atoms with E-state index in [1.165, 1.54) is 0 Å². The minimum atomic E-state index is 0.0369. The Kier molecular flexibility index (Phi) is 4.17. The van der Waals surface area contributed by atoms with Crippen LogP contribution < -0.4 is 11.1 Å². The van der Waals surface area contributed by atoms with Crippen molar-refractivity contribution in [1.82, 2.24) is 10.2 Å². The quantitative estimate of drug-likeness (QED) is 0.869. The van der Waals surface area contributed by atoms with Gasteiger partial charge in [-0.3, -0.25) is 0 Å². The Hall–Kier alpha value is -1.59. The standard InChI is InChI=1S/C12H15ClN4O/c1-8(9-3-2-4-10(13)7-9)15-12-17-16-11(18-12)5-6-14/h2-4,7-8H,5-6,14H2,1H3,(H,15,17). The van der Waals surface area contributed by atoms with Gasteiger partial charge in [0, 0.05) is 18.0 Å². The number of anilines is 1. The topological polar surface area (TPSA) is 77.0 Å². The van der Waals surface area contributed by atoms with Crippen LogP contribution in [-0.4, -0.2) is 16.7 Å². The summed E-state index contributed by atoms with van der Waals surface area (Å²) >= 11 is 5.94. The van der Waals surface area contributed by atoms with Gasteiger partial charge in [0.2, 0.25) is 5.89 Å². The summed E-state index contributed by atoms with van der Waals surface area (Å²) in [7, 11) is 0. The zero-order valence-corrected chi connectivity index (χ0v) is 10.8. The third-order valence-corrected chi connectivity index (χ3v) is 2.75. The third kappa shape index (κ3) is 3.21. The highest BCUT2D eigenvalue weighted by Crippen LogP contribution is 2.21. The molecule has 3 N–H and O–H groups in total. The van der Waals surface area contributed by atoms with E-state index in [2.05, 4.69) is 15.5 Å². The van der Waals surface area contributed by atoms with Crippen LogP contribution >= 0.6 is 11.6 Å². The van der Waals surface area contributed by atoms with Gasteiger partial charge < -0.3 is 15.5 Å². The van der Waals surface area contributed by atoms with Crippen LogP contribution in [0.1, 0.15) is 24.4 Å². The first-order valence-electron chi connectivity index (χ1n) is 5.73. The number of nitrogens with zero attached hydrogens (tertiary/aromatic N) is 2. The molecule has 6 heteroatoms. The second kappa shape index (κ2) is 5.84. The summed E-state index contributed by atoms with van der Waals surface area (Å²) in [4.78, 5) is 0. The van der Waals surface area contributed by atoms with Crippen molar-refractivity contribution in [2.45, 2.75) is 19.4 Å². The van der Waals surface area contributed by atoms with E-state index in [-0.39, 0.29) is 6.04 Å². The molecule has 5 nitrogen and oxygen atoms in total. The van der Waals surface area contributed by atoms with Crippen molar-refractivity contribution in [2.24, 2.45) is 5.73 Å². The molecule has 18 heavy (non-hydrogen) atoms. The molecule has 0 amide bonds. The van der Waals surface area contributed by atoms with E-state index in [0.717, 1.165) is 5.56 Å².